The van der Waals surface area contributed by atoms with Crippen LogP contribution in [0.5, 0.6) is 17.2 Å². The van der Waals surface area contributed by atoms with E-state index in [1.807, 2.05) is 0 Å². The average molecular weight is 442 g/mol. The van der Waals surface area contributed by atoms with Gasteiger partial charge in [0, 0.05) is 0 Å². The van der Waals surface area contributed by atoms with Crippen molar-refractivity contribution in [3.63, 3.8) is 0 Å². The molecule has 0 spiro atoms. The average Bonchev–Trinajstić information content (AvgIpc) is 2.92. The molecule has 0 unspecified atom stereocenters. The lowest BCUT2D eigenvalue weighted by atomic mass is 10.1. The molecule has 1 aliphatic heterocycles. The van der Waals surface area contributed by atoms with Crippen molar-refractivity contribution in [2.45, 2.75) is 0 Å². The second-order valence-electron chi connectivity index (χ2n) is 5.39. The number of ether oxygens (including phenoxy) is 2. The lowest BCUT2D eigenvalue weighted by Crippen LogP contribution is -2.27. The van der Waals surface area contributed by atoms with E-state index in [1.165, 1.54) is 19.1 Å². The second kappa shape index (κ2) is 7.98. The van der Waals surface area contributed by atoms with E-state index in [9.17, 15) is 9.90 Å². The van der Waals surface area contributed by atoms with E-state index in [0.29, 0.717) is 30.5 Å². The lowest BCUT2D eigenvalue weighted by molar-refractivity contribution is -0.113. The number of hydrogen-bond acceptors (Lipinski definition) is 6. The Bertz CT molecular complexity index is 953. The first-order valence-corrected chi connectivity index (χ1v) is 9.51. The van der Waals surface area contributed by atoms with Crippen LogP contribution >= 0.6 is 47.2 Å². The topological polar surface area (TPSA) is 59.0 Å². The van der Waals surface area contributed by atoms with Gasteiger partial charge >= 0.3 is 0 Å². The summed E-state index contributed by atoms with van der Waals surface area (Å²) in [5.74, 6) is 0.0797. The number of phenolic OH excluding ortho intramolecular Hbond substituents is 1. The molecule has 9 heteroatoms. The summed E-state index contributed by atoms with van der Waals surface area (Å²) in [7, 11) is 2.87. The highest BCUT2D eigenvalue weighted by Crippen LogP contribution is 2.41. The molecule has 0 saturated carbocycles. The van der Waals surface area contributed by atoms with E-state index in [0.717, 1.165) is 11.8 Å². The van der Waals surface area contributed by atoms with Crippen LogP contribution in [-0.4, -0.2) is 29.6 Å². The van der Waals surface area contributed by atoms with E-state index in [1.54, 1.807) is 36.4 Å². The molecule has 1 heterocycles. The molecule has 1 N–H and O–H groups in total. The quantitative estimate of drug-likeness (QED) is 0.524. The Hall–Kier alpha value is -1.93. The molecule has 140 valence electrons. The Labute approximate surface area is 175 Å². The summed E-state index contributed by atoms with van der Waals surface area (Å²) < 4.78 is 10.7. The highest BCUT2D eigenvalue weighted by molar-refractivity contribution is 8.27. The van der Waals surface area contributed by atoms with E-state index >= 15 is 0 Å². The smallest absolute Gasteiger partial charge is 0.270 e. The summed E-state index contributed by atoms with van der Waals surface area (Å²) in [5, 5.41) is 10.7. The van der Waals surface area contributed by atoms with Gasteiger partial charge in [0.2, 0.25) is 5.75 Å². The Morgan fingerprint density at radius 3 is 2.30 bits per heavy atom. The molecule has 0 aromatic heterocycles. The number of nitrogens with zero attached hydrogens (tertiary/aromatic N) is 1. The van der Waals surface area contributed by atoms with Crippen molar-refractivity contribution in [2.75, 3.05) is 19.1 Å². The zero-order valence-corrected chi connectivity index (χ0v) is 17.3. The number of thioether (sulfide) groups is 1. The maximum Gasteiger partial charge on any atom is 0.270 e. The Morgan fingerprint density at radius 2 is 1.74 bits per heavy atom. The Balaban J connectivity index is 1.98. The fourth-order valence-corrected chi connectivity index (χ4v) is 4.05. The molecule has 3 rings (SSSR count). The van der Waals surface area contributed by atoms with Crippen LogP contribution in [0.2, 0.25) is 10.0 Å². The lowest BCUT2D eigenvalue weighted by Gasteiger charge is -2.15. The van der Waals surface area contributed by atoms with Crippen molar-refractivity contribution >= 4 is 69.2 Å². The SMILES string of the molecule is COc1cc(/C=C2\SC(=S)N(c3ccc(Cl)c(Cl)c3)C2=O)cc(OC)c1O. The number of rotatable bonds is 4. The molecule has 0 radical (unpaired) electrons. The third-order valence-corrected chi connectivity index (χ3v) is 5.80. The van der Waals surface area contributed by atoms with Gasteiger partial charge in [-0.15, -0.1) is 0 Å². The number of thiocarbonyl (C=S) groups is 1. The largest absolute Gasteiger partial charge is 0.502 e. The third-order valence-electron chi connectivity index (χ3n) is 3.75. The highest BCUT2D eigenvalue weighted by Gasteiger charge is 2.33. The fourth-order valence-electron chi connectivity index (χ4n) is 2.46. The molecular formula is C18H13Cl2NO4S2. The number of halogens is 2. The Kier molecular flexibility index (Phi) is 5.86. The fraction of sp³-hybridized carbons (Fsp3) is 0.111. The number of hydrogen-bond donors (Lipinski definition) is 1. The molecule has 1 amide bonds. The maximum atomic E-state index is 12.9. The molecule has 5 nitrogen and oxygen atoms in total. The molecule has 0 bridgehead atoms. The maximum absolute atomic E-state index is 12.9. The number of carbonyl (C=O) groups excluding carboxylic acids is 1. The van der Waals surface area contributed by atoms with Gasteiger partial charge in [-0.2, -0.15) is 0 Å². The van der Waals surface area contributed by atoms with E-state index in [-0.39, 0.29) is 23.2 Å². The standard InChI is InChI=1S/C18H13Cl2NO4S2/c1-24-13-5-9(6-14(25-2)16(13)22)7-15-17(23)21(18(26)27-15)10-3-4-11(19)12(20)8-10/h3-8,22H,1-2H3/b15-7-. The highest BCUT2D eigenvalue weighted by atomic mass is 35.5. The van der Waals surface area contributed by atoms with E-state index in [2.05, 4.69) is 0 Å². The van der Waals surface area contributed by atoms with Crippen molar-refractivity contribution in [3.05, 3.63) is 50.8 Å². The van der Waals surface area contributed by atoms with E-state index < -0.39 is 0 Å². The zero-order valence-electron chi connectivity index (χ0n) is 14.2. The van der Waals surface area contributed by atoms with Gasteiger partial charge in [0.05, 0.1) is 34.9 Å². The molecule has 0 aliphatic carbocycles. The predicted molar refractivity (Wildman–Crippen MR) is 113 cm³/mol. The van der Waals surface area contributed by atoms with Gasteiger partial charge in [0.25, 0.3) is 5.91 Å². The number of amides is 1. The van der Waals surface area contributed by atoms with Crippen molar-refractivity contribution in [3.8, 4) is 17.2 Å². The van der Waals surface area contributed by atoms with Crippen molar-refractivity contribution < 1.29 is 19.4 Å². The molecular weight excluding hydrogens is 429 g/mol. The summed E-state index contributed by atoms with van der Waals surface area (Å²) in [6.45, 7) is 0. The van der Waals surface area contributed by atoms with Crippen LogP contribution < -0.4 is 14.4 Å². The van der Waals surface area contributed by atoms with Crippen molar-refractivity contribution in [1.29, 1.82) is 0 Å². The van der Waals surface area contributed by atoms with Crippen LogP contribution in [0.3, 0.4) is 0 Å². The minimum atomic E-state index is -0.283. The number of carbonyl (C=O) groups is 1. The van der Waals surface area contributed by atoms with E-state index in [4.69, 9.17) is 44.9 Å². The molecule has 2 aromatic carbocycles. The minimum Gasteiger partial charge on any atom is -0.502 e. The molecule has 0 atom stereocenters. The molecule has 1 fully saturated rings. The van der Waals surface area contributed by atoms with Crippen LogP contribution in [-0.2, 0) is 4.79 Å². The zero-order chi connectivity index (χ0) is 19.7. The van der Waals surface area contributed by atoms with Crippen molar-refractivity contribution in [1.82, 2.24) is 0 Å². The summed E-state index contributed by atoms with van der Waals surface area (Å²) >= 11 is 18.5. The first-order valence-electron chi connectivity index (χ1n) is 7.53. The van der Waals surface area contributed by atoms with Crippen molar-refractivity contribution in [2.24, 2.45) is 0 Å². The summed E-state index contributed by atoms with van der Waals surface area (Å²) in [5.41, 5.74) is 1.16. The third kappa shape index (κ3) is 3.87. The van der Waals surface area contributed by atoms with Gasteiger partial charge in [0.15, 0.2) is 15.8 Å². The normalized spacial score (nSPS) is 15.6. The first-order chi connectivity index (χ1) is 12.8. The van der Waals surface area contributed by atoms with Crippen LogP contribution in [0, 0.1) is 0 Å². The molecule has 1 saturated heterocycles. The summed E-state index contributed by atoms with van der Waals surface area (Å²) in [6, 6.07) is 8.07. The number of anilines is 1. The number of benzene rings is 2. The minimum absolute atomic E-state index is 0.111. The Morgan fingerprint density at radius 1 is 1.11 bits per heavy atom. The van der Waals surface area contributed by atoms with Gasteiger partial charge < -0.3 is 14.6 Å². The number of methoxy groups -OCH3 is 2. The molecule has 27 heavy (non-hydrogen) atoms. The number of aromatic hydroxyl groups is 1. The van der Waals surface area contributed by atoms with Gasteiger partial charge in [-0.3, -0.25) is 9.69 Å². The van der Waals surface area contributed by atoms with Gasteiger partial charge in [-0.05, 0) is 42.0 Å². The summed E-state index contributed by atoms with van der Waals surface area (Å²) in [6.07, 6.45) is 1.65. The molecule has 2 aromatic rings. The van der Waals surface area contributed by atoms with Crippen LogP contribution in [0.4, 0.5) is 5.69 Å². The van der Waals surface area contributed by atoms with Gasteiger partial charge in [-0.25, -0.2) is 0 Å². The van der Waals surface area contributed by atoms with Crippen LogP contribution in [0.1, 0.15) is 5.56 Å². The summed E-state index contributed by atoms with van der Waals surface area (Å²) in [4.78, 5) is 14.7. The van der Waals surface area contributed by atoms with Crippen LogP contribution in [0.15, 0.2) is 35.2 Å². The van der Waals surface area contributed by atoms with Gasteiger partial charge in [0.1, 0.15) is 0 Å². The van der Waals surface area contributed by atoms with Gasteiger partial charge in [-0.1, -0.05) is 47.2 Å². The molecule has 1 aliphatic rings. The second-order valence-corrected chi connectivity index (χ2v) is 7.88. The monoisotopic (exact) mass is 441 g/mol. The first kappa shape index (κ1) is 19.8. The number of phenols is 1. The predicted octanol–water partition coefficient (Wildman–Crippen LogP) is 5.12. The van der Waals surface area contributed by atoms with Crippen LogP contribution in [0.25, 0.3) is 6.08 Å².